The molecule has 1 fully saturated rings. The van der Waals surface area contributed by atoms with Gasteiger partial charge < -0.3 is 34.5 Å². The third-order valence-electron chi connectivity index (χ3n) is 5.54. The topological polar surface area (TPSA) is 133 Å². The number of rotatable bonds is 8. The van der Waals surface area contributed by atoms with Gasteiger partial charge in [-0.25, -0.2) is 15.0 Å². The van der Waals surface area contributed by atoms with Gasteiger partial charge >= 0.3 is 0 Å². The number of aliphatic hydroxyl groups excluding tert-OH is 2. The van der Waals surface area contributed by atoms with Crippen LogP contribution in [-0.4, -0.2) is 69.9 Å². The molecule has 3 N–H and O–H groups in total. The highest BCUT2D eigenvalue weighted by Gasteiger charge is 2.36. The van der Waals surface area contributed by atoms with E-state index in [2.05, 4.69) is 20.3 Å². The van der Waals surface area contributed by atoms with E-state index in [0.717, 1.165) is 5.56 Å². The third kappa shape index (κ3) is 3.90. The summed E-state index contributed by atoms with van der Waals surface area (Å²) in [4.78, 5) is 13.1. The number of hydrogen-bond acceptors (Lipinski definition) is 10. The number of methoxy groups -OCH3 is 3. The Morgan fingerprint density at radius 3 is 2.47 bits per heavy atom. The molecule has 2 aromatic heterocycles. The number of aliphatic hydroxyl groups is 2. The summed E-state index contributed by atoms with van der Waals surface area (Å²) in [5.74, 6) is 2.16. The number of anilines is 1. The molecule has 4 unspecified atom stereocenters. The number of nitrogens with zero attached hydrogens (tertiary/aromatic N) is 4. The molecule has 3 aromatic rings. The largest absolute Gasteiger partial charge is 0.493 e. The van der Waals surface area contributed by atoms with Crippen LogP contribution in [0, 0.1) is 0 Å². The Kier molecular flexibility index (Phi) is 6.31. The molecule has 11 nitrogen and oxygen atoms in total. The van der Waals surface area contributed by atoms with Crippen molar-refractivity contribution < 1.29 is 29.2 Å². The Morgan fingerprint density at radius 2 is 1.88 bits per heavy atom. The molecule has 0 amide bonds. The molecule has 32 heavy (non-hydrogen) atoms. The van der Waals surface area contributed by atoms with E-state index in [0.29, 0.717) is 40.7 Å². The van der Waals surface area contributed by atoms with Crippen LogP contribution >= 0.6 is 0 Å². The first-order valence-corrected chi connectivity index (χ1v) is 10.2. The van der Waals surface area contributed by atoms with E-state index in [4.69, 9.17) is 18.9 Å². The van der Waals surface area contributed by atoms with Crippen molar-refractivity contribution in [1.82, 2.24) is 19.5 Å². The first kappa shape index (κ1) is 22.1. The van der Waals surface area contributed by atoms with Crippen molar-refractivity contribution in [2.75, 3.05) is 33.3 Å². The van der Waals surface area contributed by atoms with Gasteiger partial charge in [0, 0.05) is 6.42 Å². The van der Waals surface area contributed by atoms with Crippen molar-refractivity contribution in [2.24, 2.45) is 0 Å². The molecule has 0 saturated carbocycles. The normalized spacial score (nSPS) is 21.5. The van der Waals surface area contributed by atoms with Gasteiger partial charge in [-0.15, -0.1) is 0 Å². The summed E-state index contributed by atoms with van der Waals surface area (Å²) in [5, 5.41) is 23.1. The molecule has 0 bridgehead atoms. The maximum atomic E-state index is 10.3. The van der Waals surface area contributed by atoms with Gasteiger partial charge in [-0.05, 0) is 24.6 Å². The van der Waals surface area contributed by atoms with E-state index in [1.165, 1.54) is 6.33 Å². The van der Waals surface area contributed by atoms with Crippen LogP contribution in [0.25, 0.3) is 11.2 Å². The van der Waals surface area contributed by atoms with Crippen LogP contribution in [0.4, 0.5) is 5.82 Å². The van der Waals surface area contributed by atoms with E-state index in [9.17, 15) is 10.2 Å². The second kappa shape index (κ2) is 9.15. The molecule has 0 spiro atoms. The summed E-state index contributed by atoms with van der Waals surface area (Å²) in [6.45, 7) is 1.82. The SMILES string of the molecule is COc1cc(C(C)Nc2ncnc3c2ncn3C2OC(CO)CC2O)cc(OC)c1OC. The fourth-order valence-electron chi connectivity index (χ4n) is 3.88. The molecule has 1 saturated heterocycles. The van der Waals surface area contributed by atoms with Crippen LogP contribution in [0.5, 0.6) is 17.2 Å². The number of fused-ring (bicyclic) bond motifs is 1. The Labute approximate surface area is 184 Å². The summed E-state index contributed by atoms with van der Waals surface area (Å²) < 4.78 is 23.7. The van der Waals surface area contributed by atoms with Gasteiger partial charge in [-0.1, -0.05) is 0 Å². The molecule has 0 radical (unpaired) electrons. The van der Waals surface area contributed by atoms with Crippen LogP contribution in [-0.2, 0) is 4.74 Å². The molecule has 11 heteroatoms. The Morgan fingerprint density at radius 1 is 1.16 bits per heavy atom. The molecule has 1 aliphatic heterocycles. The predicted molar refractivity (Wildman–Crippen MR) is 115 cm³/mol. The lowest BCUT2D eigenvalue weighted by Gasteiger charge is -2.19. The molecule has 1 aromatic carbocycles. The molecule has 4 atom stereocenters. The molecule has 3 heterocycles. The summed E-state index contributed by atoms with van der Waals surface area (Å²) >= 11 is 0. The highest BCUT2D eigenvalue weighted by atomic mass is 16.5. The van der Waals surface area contributed by atoms with E-state index in [1.54, 1.807) is 32.2 Å². The molecule has 172 valence electrons. The zero-order chi connectivity index (χ0) is 22.8. The van der Waals surface area contributed by atoms with Gasteiger partial charge in [-0.3, -0.25) is 4.57 Å². The number of imidazole rings is 1. The highest BCUT2D eigenvalue weighted by molar-refractivity contribution is 5.83. The maximum absolute atomic E-state index is 10.3. The Balaban J connectivity index is 1.64. The quantitative estimate of drug-likeness (QED) is 0.470. The van der Waals surface area contributed by atoms with Crippen LogP contribution in [0.1, 0.15) is 31.2 Å². The summed E-state index contributed by atoms with van der Waals surface area (Å²) in [7, 11) is 4.70. The first-order chi connectivity index (χ1) is 15.5. The number of aromatic nitrogens is 4. The number of ether oxygens (including phenoxy) is 4. The zero-order valence-electron chi connectivity index (χ0n) is 18.3. The van der Waals surface area contributed by atoms with Crippen LogP contribution < -0.4 is 19.5 Å². The van der Waals surface area contributed by atoms with Crippen molar-refractivity contribution in [3.8, 4) is 17.2 Å². The summed E-state index contributed by atoms with van der Waals surface area (Å²) in [6, 6.07) is 3.56. The predicted octanol–water partition coefficient (Wildman–Crippen LogP) is 1.67. The minimum absolute atomic E-state index is 0.158. The van der Waals surface area contributed by atoms with Gasteiger partial charge in [-0.2, -0.15) is 0 Å². The van der Waals surface area contributed by atoms with Gasteiger partial charge in [0.2, 0.25) is 5.75 Å². The molecule has 4 rings (SSSR count). The lowest BCUT2D eigenvalue weighted by atomic mass is 10.1. The molecule has 1 aliphatic rings. The van der Waals surface area contributed by atoms with Gasteiger partial charge in [0.25, 0.3) is 0 Å². The Bertz CT molecular complexity index is 1060. The summed E-state index contributed by atoms with van der Waals surface area (Å²) in [5.41, 5.74) is 1.95. The highest BCUT2D eigenvalue weighted by Crippen LogP contribution is 2.40. The average molecular weight is 445 g/mol. The van der Waals surface area contributed by atoms with Crippen molar-refractivity contribution in [3.05, 3.63) is 30.4 Å². The van der Waals surface area contributed by atoms with Crippen LogP contribution in [0.2, 0.25) is 0 Å². The van der Waals surface area contributed by atoms with Crippen molar-refractivity contribution in [1.29, 1.82) is 0 Å². The molecular weight excluding hydrogens is 418 g/mol. The standard InChI is InChI=1S/C21H27N5O6/c1-11(12-5-15(29-2)18(31-4)16(6-12)30-3)25-19-17-20(23-9-22-19)26(10-24-17)21-14(28)7-13(8-27)32-21/h5-6,9-11,13-14,21,27-28H,7-8H2,1-4H3,(H,22,23,25). The Hall–Kier alpha value is -3.15. The van der Waals surface area contributed by atoms with Gasteiger partial charge in [0.1, 0.15) is 12.4 Å². The lowest BCUT2D eigenvalue weighted by Crippen LogP contribution is -2.19. The van der Waals surface area contributed by atoms with E-state index in [-0.39, 0.29) is 12.6 Å². The van der Waals surface area contributed by atoms with Crippen molar-refractivity contribution in [3.63, 3.8) is 0 Å². The zero-order valence-corrected chi connectivity index (χ0v) is 18.3. The smallest absolute Gasteiger partial charge is 0.203 e. The summed E-state index contributed by atoms with van der Waals surface area (Å²) in [6.07, 6.45) is 1.46. The maximum Gasteiger partial charge on any atom is 0.203 e. The third-order valence-corrected chi connectivity index (χ3v) is 5.54. The van der Waals surface area contributed by atoms with Crippen molar-refractivity contribution in [2.45, 2.75) is 37.8 Å². The lowest BCUT2D eigenvalue weighted by molar-refractivity contribution is -0.0486. The minimum atomic E-state index is -0.769. The monoisotopic (exact) mass is 445 g/mol. The fraction of sp³-hybridized carbons (Fsp3) is 0.476. The number of nitrogens with one attached hydrogen (secondary N) is 1. The van der Waals surface area contributed by atoms with E-state index >= 15 is 0 Å². The van der Waals surface area contributed by atoms with E-state index in [1.807, 2.05) is 19.1 Å². The minimum Gasteiger partial charge on any atom is -0.493 e. The van der Waals surface area contributed by atoms with Crippen LogP contribution in [0.15, 0.2) is 24.8 Å². The second-order valence-electron chi connectivity index (χ2n) is 7.51. The second-order valence-corrected chi connectivity index (χ2v) is 7.51. The number of hydrogen-bond donors (Lipinski definition) is 3. The van der Waals surface area contributed by atoms with Crippen molar-refractivity contribution >= 4 is 17.0 Å². The molecular formula is C21H27N5O6. The van der Waals surface area contributed by atoms with Gasteiger partial charge in [0.15, 0.2) is 34.7 Å². The number of benzene rings is 1. The van der Waals surface area contributed by atoms with Gasteiger partial charge in [0.05, 0.1) is 46.4 Å². The van der Waals surface area contributed by atoms with E-state index < -0.39 is 18.4 Å². The fourth-order valence-corrected chi connectivity index (χ4v) is 3.88. The first-order valence-electron chi connectivity index (χ1n) is 10.2. The average Bonchev–Trinajstić information content (AvgIpc) is 3.41. The molecule has 0 aliphatic carbocycles. The van der Waals surface area contributed by atoms with Crippen LogP contribution in [0.3, 0.4) is 0 Å².